The molecular formula is C8H11BrF3N3. The molecule has 0 aromatic carbocycles. The monoisotopic (exact) mass is 285 g/mol. The summed E-state index contributed by atoms with van der Waals surface area (Å²) in [6, 6.07) is -2.18. The van der Waals surface area contributed by atoms with Crippen LogP contribution in [0, 0.1) is 0 Å². The third-order valence-corrected chi connectivity index (χ3v) is 2.53. The topological polar surface area (TPSA) is 43.8 Å². The predicted molar refractivity (Wildman–Crippen MR) is 53.3 cm³/mol. The third-order valence-electron chi connectivity index (χ3n) is 1.92. The molecule has 0 saturated heterocycles. The molecule has 2 N–H and O–H groups in total. The van der Waals surface area contributed by atoms with E-state index in [9.17, 15) is 13.2 Å². The van der Waals surface area contributed by atoms with Crippen molar-refractivity contribution in [1.29, 1.82) is 0 Å². The molecule has 3 nitrogen and oxygen atoms in total. The van der Waals surface area contributed by atoms with E-state index in [1.807, 2.05) is 0 Å². The van der Waals surface area contributed by atoms with Gasteiger partial charge < -0.3 is 5.73 Å². The Hall–Kier alpha value is -0.560. The van der Waals surface area contributed by atoms with Gasteiger partial charge in [-0.3, -0.25) is 4.68 Å². The molecule has 0 bridgehead atoms. The molecule has 1 rings (SSSR count). The second-order valence-electron chi connectivity index (χ2n) is 3.44. The molecule has 7 heteroatoms. The Morgan fingerprint density at radius 2 is 2.00 bits per heavy atom. The van der Waals surface area contributed by atoms with Gasteiger partial charge in [0.05, 0.1) is 16.4 Å². The summed E-state index contributed by atoms with van der Waals surface area (Å²) in [6.45, 7) is 3.48. The molecule has 0 fully saturated rings. The van der Waals surface area contributed by atoms with Crippen LogP contribution >= 0.6 is 15.9 Å². The molecule has 1 aromatic rings. The van der Waals surface area contributed by atoms with Crippen LogP contribution in [0.1, 0.15) is 31.6 Å². The normalized spacial score (nSPS) is 14.7. The quantitative estimate of drug-likeness (QED) is 0.908. The van der Waals surface area contributed by atoms with Crippen molar-refractivity contribution < 1.29 is 13.2 Å². The number of rotatable bonds is 2. The highest BCUT2D eigenvalue weighted by Crippen LogP contribution is 2.35. The molecule has 1 atom stereocenters. The van der Waals surface area contributed by atoms with Gasteiger partial charge >= 0.3 is 6.18 Å². The van der Waals surface area contributed by atoms with Gasteiger partial charge in [0, 0.05) is 6.04 Å². The van der Waals surface area contributed by atoms with E-state index in [1.165, 1.54) is 10.9 Å². The lowest BCUT2D eigenvalue weighted by Gasteiger charge is -2.19. The Kier molecular flexibility index (Phi) is 3.44. The first-order valence-electron chi connectivity index (χ1n) is 4.30. The van der Waals surface area contributed by atoms with Crippen LogP contribution in [0.25, 0.3) is 0 Å². The number of hydrogen-bond donors (Lipinski definition) is 1. The molecule has 15 heavy (non-hydrogen) atoms. The Bertz CT molecular complexity index is 345. The molecule has 0 aliphatic rings. The maximum Gasteiger partial charge on any atom is 0.409 e. The highest BCUT2D eigenvalue weighted by atomic mass is 79.9. The van der Waals surface area contributed by atoms with Gasteiger partial charge in [-0.2, -0.15) is 18.3 Å². The summed E-state index contributed by atoms with van der Waals surface area (Å²) >= 11 is 3.02. The third kappa shape index (κ3) is 2.52. The number of nitrogens with zero attached hydrogens (tertiary/aromatic N) is 2. The minimum atomic E-state index is -4.46. The van der Waals surface area contributed by atoms with Crippen molar-refractivity contribution in [2.45, 2.75) is 32.1 Å². The fourth-order valence-corrected chi connectivity index (χ4v) is 1.73. The summed E-state index contributed by atoms with van der Waals surface area (Å²) in [5, 5.41) is 3.84. The molecule has 1 unspecified atom stereocenters. The van der Waals surface area contributed by atoms with Gasteiger partial charge in [0.2, 0.25) is 0 Å². The molecule has 0 radical (unpaired) electrons. The van der Waals surface area contributed by atoms with Gasteiger partial charge in [0.15, 0.2) is 0 Å². The Morgan fingerprint density at radius 1 is 1.47 bits per heavy atom. The van der Waals surface area contributed by atoms with Crippen LogP contribution in [0.15, 0.2) is 10.7 Å². The maximum absolute atomic E-state index is 12.4. The zero-order valence-corrected chi connectivity index (χ0v) is 9.80. The SMILES string of the molecule is CC(C)n1ncc(Br)c1C(N)C(F)(F)F. The molecule has 1 aromatic heterocycles. The van der Waals surface area contributed by atoms with E-state index in [-0.39, 0.29) is 16.2 Å². The van der Waals surface area contributed by atoms with Crippen LogP contribution < -0.4 is 5.73 Å². The minimum Gasteiger partial charge on any atom is -0.315 e. The van der Waals surface area contributed by atoms with Crippen molar-refractivity contribution in [3.05, 3.63) is 16.4 Å². The van der Waals surface area contributed by atoms with E-state index in [0.29, 0.717) is 0 Å². The smallest absolute Gasteiger partial charge is 0.315 e. The number of alkyl halides is 3. The van der Waals surface area contributed by atoms with E-state index in [2.05, 4.69) is 21.0 Å². The van der Waals surface area contributed by atoms with Gasteiger partial charge in [0.1, 0.15) is 6.04 Å². The first-order chi connectivity index (χ1) is 6.75. The largest absolute Gasteiger partial charge is 0.409 e. The average Bonchev–Trinajstić information content (AvgIpc) is 2.44. The number of nitrogens with two attached hydrogens (primary N) is 1. The summed E-state index contributed by atoms with van der Waals surface area (Å²) in [5.41, 5.74) is 5.10. The summed E-state index contributed by atoms with van der Waals surface area (Å²) in [7, 11) is 0. The van der Waals surface area contributed by atoms with E-state index in [4.69, 9.17) is 5.73 Å². The molecule has 0 spiro atoms. The molecular weight excluding hydrogens is 275 g/mol. The van der Waals surface area contributed by atoms with Crippen molar-refractivity contribution in [2.24, 2.45) is 5.73 Å². The molecule has 0 aliphatic carbocycles. The Labute approximate surface area is 93.6 Å². The maximum atomic E-state index is 12.4. The Balaban J connectivity index is 3.18. The van der Waals surface area contributed by atoms with Gasteiger partial charge in [0.25, 0.3) is 0 Å². The summed E-state index contributed by atoms with van der Waals surface area (Å²) in [5.74, 6) is 0. The van der Waals surface area contributed by atoms with Gasteiger partial charge in [-0.05, 0) is 29.8 Å². The number of hydrogen-bond acceptors (Lipinski definition) is 2. The molecule has 86 valence electrons. The van der Waals surface area contributed by atoms with Crippen molar-refractivity contribution in [2.75, 3.05) is 0 Å². The fraction of sp³-hybridized carbons (Fsp3) is 0.625. The van der Waals surface area contributed by atoms with Crippen molar-refractivity contribution in [1.82, 2.24) is 9.78 Å². The highest BCUT2D eigenvalue weighted by Gasteiger charge is 2.41. The zero-order chi connectivity index (χ0) is 11.8. The van der Waals surface area contributed by atoms with Crippen LogP contribution in [0.4, 0.5) is 13.2 Å². The number of aromatic nitrogens is 2. The van der Waals surface area contributed by atoms with Crippen LogP contribution in [-0.4, -0.2) is 16.0 Å². The van der Waals surface area contributed by atoms with Crippen LogP contribution in [0.5, 0.6) is 0 Å². The molecule has 0 aliphatic heterocycles. The van der Waals surface area contributed by atoms with Crippen LogP contribution in [-0.2, 0) is 0 Å². The second-order valence-corrected chi connectivity index (χ2v) is 4.29. The summed E-state index contributed by atoms with van der Waals surface area (Å²) in [6.07, 6.45) is -3.14. The fourth-order valence-electron chi connectivity index (χ4n) is 1.21. The Morgan fingerprint density at radius 3 is 2.40 bits per heavy atom. The van der Waals surface area contributed by atoms with E-state index < -0.39 is 12.2 Å². The first-order valence-corrected chi connectivity index (χ1v) is 5.09. The molecule has 1 heterocycles. The average molecular weight is 286 g/mol. The van der Waals surface area contributed by atoms with Gasteiger partial charge in [-0.25, -0.2) is 0 Å². The van der Waals surface area contributed by atoms with E-state index >= 15 is 0 Å². The highest BCUT2D eigenvalue weighted by molar-refractivity contribution is 9.10. The molecule has 0 amide bonds. The second kappa shape index (κ2) is 4.13. The lowest BCUT2D eigenvalue weighted by Crippen LogP contribution is -2.31. The summed E-state index contributed by atoms with van der Waals surface area (Å²) < 4.78 is 38.9. The zero-order valence-electron chi connectivity index (χ0n) is 8.22. The van der Waals surface area contributed by atoms with Crippen LogP contribution in [0.2, 0.25) is 0 Å². The lowest BCUT2D eigenvalue weighted by molar-refractivity contribution is -0.150. The van der Waals surface area contributed by atoms with Crippen molar-refractivity contribution >= 4 is 15.9 Å². The van der Waals surface area contributed by atoms with Gasteiger partial charge in [-0.15, -0.1) is 0 Å². The van der Waals surface area contributed by atoms with Crippen molar-refractivity contribution in [3.8, 4) is 0 Å². The minimum absolute atomic E-state index is 0.0440. The molecule has 0 saturated carbocycles. The first kappa shape index (κ1) is 12.5. The number of halogens is 4. The van der Waals surface area contributed by atoms with Gasteiger partial charge in [-0.1, -0.05) is 0 Å². The predicted octanol–water partition coefficient (Wildman–Crippen LogP) is 2.79. The standard InChI is InChI=1S/C8H11BrF3N3/c1-4(2)15-6(5(9)3-14-15)7(13)8(10,11)12/h3-4,7H,13H2,1-2H3. The van der Waals surface area contributed by atoms with E-state index in [0.717, 1.165) is 0 Å². The lowest BCUT2D eigenvalue weighted by atomic mass is 10.2. The van der Waals surface area contributed by atoms with E-state index in [1.54, 1.807) is 13.8 Å². The van der Waals surface area contributed by atoms with Crippen LogP contribution in [0.3, 0.4) is 0 Å². The van der Waals surface area contributed by atoms with Crippen molar-refractivity contribution in [3.63, 3.8) is 0 Å². The summed E-state index contributed by atoms with van der Waals surface area (Å²) in [4.78, 5) is 0.